The molecule has 0 bridgehead atoms. The molecule has 0 saturated carbocycles. The second-order valence-electron chi connectivity index (χ2n) is 5.66. The predicted octanol–water partition coefficient (Wildman–Crippen LogP) is 4.30. The van der Waals surface area contributed by atoms with E-state index in [0.717, 1.165) is 32.1 Å². The van der Waals surface area contributed by atoms with Crippen LogP contribution in [0.25, 0.3) is 15.9 Å². The average Bonchev–Trinajstić information content (AvgIpc) is 2.83. The molecule has 0 aliphatic heterocycles. The zero-order chi connectivity index (χ0) is 17.4. The van der Waals surface area contributed by atoms with Crippen molar-refractivity contribution in [3.05, 3.63) is 50.1 Å². The van der Waals surface area contributed by atoms with Crippen LogP contribution in [0.15, 0.2) is 28.2 Å². The normalized spacial score (nSPS) is 11.0. The van der Waals surface area contributed by atoms with Crippen LogP contribution < -0.4 is 5.56 Å². The Bertz CT molecular complexity index is 1040. The number of aryl methyl sites for hydroxylation is 3. The second kappa shape index (κ2) is 6.42. The molecule has 0 fully saturated rings. The van der Waals surface area contributed by atoms with E-state index in [1.54, 1.807) is 4.57 Å². The summed E-state index contributed by atoms with van der Waals surface area (Å²) in [5, 5.41) is 10.2. The predicted molar refractivity (Wildman–Crippen MR) is 101 cm³/mol. The Labute approximate surface area is 148 Å². The van der Waals surface area contributed by atoms with Gasteiger partial charge in [-0.1, -0.05) is 23.9 Å². The van der Waals surface area contributed by atoms with E-state index >= 15 is 0 Å². The molecule has 122 valence electrons. The van der Waals surface area contributed by atoms with Gasteiger partial charge in [0.1, 0.15) is 4.83 Å². The average molecular weight is 355 g/mol. The lowest BCUT2D eigenvalue weighted by Gasteiger charge is -2.15. The maximum Gasteiger partial charge on any atom is 0.267 e. The first kappa shape index (κ1) is 16.7. The molecule has 0 amide bonds. The first-order valence-corrected chi connectivity index (χ1v) is 9.35. The molecule has 1 aromatic carbocycles. The maximum absolute atomic E-state index is 13.2. The number of nitriles is 1. The van der Waals surface area contributed by atoms with Crippen molar-refractivity contribution in [3.63, 3.8) is 0 Å². The van der Waals surface area contributed by atoms with Crippen molar-refractivity contribution in [2.45, 2.75) is 32.9 Å². The van der Waals surface area contributed by atoms with Crippen molar-refractivity contribution in [1.29, 1.82) is 5.26 Å². The number of aromatic nitrogens is 2. The third-order valence-electron chi connectivity index (χ3n) is 4.25. The Morgan fingerprint density at radius 1 is 1.25 bits per heavy atom. The van der Waals surface area contributed by atoms with Crippen LogP contribution in [0, 0.1) is 39.0 Å². The topological polar surface area (TPSA) is 58.7 Å². The zero-order valence-corrected chi connectivity index (χ0v) is 15.6. The van der Waals surface area contributed by atoms with Gasteiger partial charge in [0, 0.05) is 4.88 Å². The summed E-state index contributed by atoms with van der Waals surface area (Å²) in [6.45, 7) is 8.00. The van der Waals surface area contributed by atoms with Gasteiger partial charge in [-0.05, 0) is 50.5 Å². The van der Waals surface area contributed by atoms with Crippen molar-refractivity contribution in [2.75, 3.05) is 5.75 Å². The van der Waals surface area contributed by atoms with Gasteiger partial charge in [-0.3, -0.25) is 9.36 Å². The molecule has 2 aromatic heterocycles. The first-order chi connectivity index (χ1) is 11.5. The van der Waals surface area contributed by atoms with E-state index in [1.807, 2.05) is 45.9 Å². The van der Waals surface area contributed by atoms with Gasteiger partial charge in [-0.2, -0.15) is 5.26 Å². The summed E-state index contributed by atoms with van der Waals surface area (Å²) in [6, 6.07) is 8.02. The van der Waals surface area contributed by atoms with Crippen molar-refractivity contribution in [3.8, 4) is 11.8 Å². The van der Waals surface area contributed by atoms with Gasteiger partial charge in [-0.25, -0.2) is 4.98 Å². The van der Waals surface area contributed by atoms with Gasteiger partial charge in [0.2, 0.25) is 0 Å². The Hall–Kier alpha value is -2.10. The summed E-state index contributed by atoms with van der Waals surface area (Å²) in [7, 11) is 0. The largest absolute Gasteiger partial charge is 0.268 e. The van der Waals surface area contributed by atoms with Crippen LogP contribution in [-0.2, 0) is 0 Å². The number of fused-ring (bicyclic) bond motifs is 1. The monoisotopic (exact) mass is 355 g/mol. The molecule has 0 aliphatic carbocycles. The molecule has 0 spiro atoms. The summed E-state index contributed by atoms with van der Waals surface area (Å²) in [5.41, 5.74) is 3.93. The van der Waals surface area contributed by atoms with E-state index in [9.17, 15) is 4.79 Å². The van der Waals surface area contributed by atoms with Crippen LogP contribution in [0.1, 0.15) is 21.6 Å². The van der Waals surface area contributed by atoms with Crippen LogP contribution in [0.2, 0.25) is 0 Å². The third-order valence-corrected chi connectivity index (χ3v) is 6.16. The summed E-state index contributed by atoms with van der Waals surface area (Å²) in [5.74, 6) is 0.256. The highest BCUT2D eigenvalue weighted by Gasteiger charge is 2.19. The summed E-state index contributed by atoms with van der Waals surface area (Å²) in [6.07, 6.45) is 0. The third kappa shape index (κ3) is 2.64. The number of nitrogens with zero attached hydrogens (tertiary/aromatic N) is 3. The Kier molecular flexibility index (Phi) is 4.48. The molecule has 3 aromatic rings. The molecule has 4 nitrogen and oxygen atoms in total. The van der Waals surface area contributed by atoms with E-state index < -0.39 is 0 Å². The van der Waals surface area contributed by atoms with E-state index in [4.69, 9.17) is 10.2 Å². The molecule has 0 aliphatic rings. The summed E-state index contributed by atoms with van der Waals surface area (Å²) in [4.78, 5) is 19.8. The number of benzene rings is 1. The van der Waals surface area contributed by atoms with Gasteiger partial charge in [0.05, 0.1) is 22.9 Å². The molecular weight excluding hydrogens is 338 g/mol. The lowest BCUT2D eigenvalue weighted by atomic mass is 10.1. The van der Waals surface area contributed by atoms with Crippen molar-refractivity contribution in [2.24, 2.45) is 0 Å². The smallest absolute Gasteiger partial charge is 0.267 e. The minimum atomic E-state index is -0.0593. The van der Waals surface area contributed by atoms with Gasteiger partial charge in [-0.15, -0.1) is 11.3 Å². The molecule has 0 radical (unpaired) electrons. The van der Waals surface area contributed by atoms with E-state index in [2.05, 4.69) is 6.07 Å². The van der Waals surface area contributed by atoms with Crippen molar-refractivity contribution in [1.82, 2.24) is 9.55 Å². The minimum Gasteiger partial charge on any atom is -0.268 e. The molecule has 0 N–H and O–H groups in total. The Morgan fingerprint density at radius 2 is 2.00 bits per heavy atom. The van der Waals surface area contributed by atoms with Crippen molar-refractivity contribution < 1.29 is 0 Å². The van der Waals surface area contributed by atoms with Crippen LogP contribution in [-0.4, -0.2) is 15.3 Å². The fourth-order valence-corrected chi connectivity index (χ4v) is 4.40. The standard InChI is InChI=1S/C18H17N3OS2/c1-10-6-5-7-14(11(10)2)21-17(22)15-12(3)13(4)24-16(15)20-18(21)23-9-8-19/h5-7H,9H2,1-4H3. The van der Waals surface area contributed by atoms with Gasteiger partial charge in [0.15, 0.2) is 5.16 Å². The maximum atomic E-state index is 13.2. The lowest BCUT2D eigenvalue weighted by Crippen LogP contribution is -2.22. The molecule has 0 saturated heterocycles. The summed E-state index contributed by atoms with van der Waals surface area (Å²) < 4.78 is 1.66. The molecule has 0 atom stereocenters. The van der Waals surface area contributed by atoms with E-state index in [0.29, 0.717) is 10.5 Å². The quantitative estimate of drug-likeness (QED) is 0.519. The molecule has 3 rings (SSSR count). The summed E-state index contributed by atoms with van der Waals surface area (Å²) >= 11 is 2.83. The Morgan fingerprint density at radius 3 is 2.71 bits per heavy atom. The highest BCUT2D eigenvalue weighted by atomic mass is 32.2. The fraction of sp³-hybridized carbons (Fsp3) is 0.278. The van der Waals surface area contributed by atoms with E-state index in [-0.39, 0.29) is 11.3 Å². The number of thioether (sulfide) groups is 1. The molecule has 2 heterocycles. The molecule has 6 heteroatoms. The molecule has 0 unspecified atom stereocenters. The highest BCUT2D eigenvalue weighted by molar-refractivity contribution is 7.99. The number of thiophene rings is 1. The molecular formula is C18H17N3OS2. The number of rotatable bonds is 3. The van der Waals surface area contributed by atoms with Crippen LogP contribution >= 0.6 is 23.1 Å². The van der Waals surface area contributed by atoms with Crippen LogP contribution in [0.5, 0.6) is 0 Å². The zero-order valence-electron chi connectivity index (χ0n) is 14.0. The van der Waals surface area contributed by atoms with Gasteiger partial charge in [0.25, 0.3) is 5.56 Å². The van der Waals surface area contributed by atoms with Crippen LogP contribution in [0.3, 0.4) is 0 Å². The van der Waals surface area contributed by atoms with Gasteiger partial charge >= 0.3 is 0 Å². The minimum absolute atomic E-state index is 0.0593. The SMILES string of the molecule is Cc1cccc(-n2c(SCC#N)nc3sc(C)c(C)c3c2=O)c1C. The lowest BCUT2D eigenvalue weighted by molar-refractivity contribution is 0.816. The number of hydrogen-bond donors (Lipinski definition) is 0. The number of hydrogen-bond acceptors (Lipinski definition) is 5. The Balaban J connectivity index is 2.41. The van der Waals surface area contributed by atoms with Gasteiger partial charge < -0.3 is 0 Å². The second-order valence-corrected chi connectivity index (χ2v) is 7.81. The highest BCUT2D eigenvalue weighted by Crippen LogP contribution is 2.30. The van der Waals surface area contributed by atoms with Crippen molar-refractivity contribution >= 4 is 33.3 Å². The molecule has 24 heavy (non-hydrogen) atoms. The van der Waals surface area contributed by atoms with Crippen LogP contribution in [0.4, 0.5) is 0 Å². The van der Waals surface area contributed by atoms with E-state index in [1.165, 1.54) is 23.1 Å². The fourth-order valence-electron chi connectivity index (χ4n) is 2.66. The first-order valence-electron chi connectivity index (χ1n) is 7.54.